The molecule has 0 fully saturated rings. The van der Waals surface area contributed by atoms with Gasteiger partial charge >= 0.3 is 0 Å². The highest BCUT2D eigenvalue weighted by atomic mass is 35.5. The van der Waals surface area contributed by atoms with Crippen molar-refractivity contribution < 1.29 is 14.4 Å². The first-order chi connectivity index (χ1) is 15.0. The van der Waals surface area contributed by atoms with E-state index in [0.717, 1.165) is 0 Å². The Morgan fingerprint density at radius 2 is 1.68 bits per heavy atom. The maximum atomic E-state index is 10.7. The van der Waals surface area contributed by atoms with E-state index in [1.165, 1.54) is 12.1 Å². The quantitative estimate of drug-likeness (QED) is 0.169. The first-order valence-corrected chi connectivity index (χ1v) is 10.1. The first-order valence-electron chi connectivity index (χ1n) is 9.36. The van der Waals surface area contributed by atoms with Gasteiger partial charge < -0.3 is 9.47 Å². The van der Waals surface area contributed by atoms with Gasteiger partial charge in [0.2, 0.25) is 0 Å². The van der Waals surface area contributed by atoms with Crippen LogP contribution in [0.2, 0.25) is 10.0 Å². The number of nitrogens with one attached hydrogen (secondary N) is 1. The van der Waals surface area contributed by atoms with Crippen LogP contribution in [0.3, 0.4) is 0 Å². The summed E-state index contributed by atoms with van der Waals surface area (Å²) in [4.78, 5) is 10.3. The minimum absolute atomic E-state index is 0.0126. The number of hydrogen-bond acceptors (Lipinski definition) is 6. The number of non-ortho nitro benzene ring substituents is 1. The Balaban J connectivity index is 1.53. The number of para-hydroxylation sites is 1. The number of ether oxygens (including phenoxy) is 2. The number of rotatable bonds is 10. The van der Waals surface area contributed by atoms with Crippen LogP contribution in [0, 0.1) is 10.1 Å². The van der Waals surface area contributed by atoms with E-state index in [9.17, 15) is 10.1 Å². The van der Waals surface area contributed by atoms with Crippen LogP contribution in [0.15, 0.2) is 71.8 Å². The molecule has 160 valence electrons. The van der Waals surface area contributed by atoms with E-state index in [2.05, 4.69) is 10.5 Å². The monoisotopic (exact) mass is 459 g/mol. The Kier molecular flexibility index (Phi) is 8.09. The molecule has 0 bridgehead atoms. The van der Waals surface area contributed by atoms with E-state index in [0.29, 0.717) is 52.4 Å². The van der Waals surface area contributed by atoms with Crippen molar-refractivity contribution in [3.63, 3.8) is 0 Å². The van der Waals surface area contributed by atoms with Crippen LogP contribution in [0.25, 0.3) is 0 Å². The van der Waals surface area contributed by atoms with Gasteiger partial charge in [-0.3, -0.25) is 15.5 Å². The van der Waals surface area contributed by atoms with Crippen molar-refractivity contribution in [3.8, 4) is 11.5 Å². The van der Waals surface area contributed by atoms with Crippen LogP contribution in [0.5, 0.6) is 11.5 Å². The summed E-state index contributed by atoms with van der Waals surface area (Å²) in [6.07, 6.45) is 2.23. The number of hydrogen-bond donors (Lipinski definition) is 1. The normalized spacial score (nSPS) is 10.8. The molecule has 9 heteroatoms. The Morgan fingerprint density at radius 1 is 0.968 bits per heavy atom. The fraction of sp³-hybridized carbons (Fsp3) is 0.136. The molecular weight excluding hydrogens is 441 g/mol. The van der Waals surface area contributed by atoms with Crippen LogP contribution >= 0.6 is 23.2 Å². The molecule has 3 aromatic carbocycles. The lowest BCUT2D eigenvalue weighted by atomic mass is 10.2. The highest BCUT2D eigenvalue weighted by Crippen LogP contribution is 2.24. The summed E-state index contributed by atoms with van der Waals surface area (Å²) in [6.45, 7) is 0.894. The zero-order valence-corrected chi connectivity index (χ0v) is 17.8. The van der Waals surface area contributed by atoms with Gasteiger partial charge in [0, 0.05) is 29.1 Å². The summed E-state index contributed by atoms with van der Waals surface area (Å²) >= 11 is 12.2. The van der Waals surface area contributed by atoms with E-state index < -0.39 is 4.92 Å². The van der Waals surface area contributed by atoms with E-state index >= 15 is 0 Å². The number of nitrogens with zero attached hydrogens (tertiary/aromatic N) is 2. The van der Waals surface area contributed by atoms with Crippen LogP contribution < -0.4 is 14.9 Å². The fourth-order valence-corrected chi connectivity index (χ4v) is 2.94. The van der Waals surface area contributed by atoms with Gasteiger partial charge in [0.1, 0.15) is 11.5 Å². The standard InChI is InChI=1S/C22H19Cl2N3O4/c23-17-6-11-21(30-12-3-13-31-22-5-2-1-4-20(22)24)16(14-17)15-25-26-18-7-9-19(10-8-18)27(28)29/h1-2,4-11,14-15,26H,3,12-13H2/b25-15+. The second-order valence-corrected chi connectivity index (χ2v) is 7.18. The molecule has 31 heavy (non-hydrogen) atoms. The van der Waals surface area contributed by atoms with Crippen LogP contribution in [0.1, 0.15) is 12.0 Å². The smallest absolute Gasteiger partial charge is 0.269 e. The van der Waals surface area contributed by atoms with Crippen molar-refractivity contribution in [1.82, 2.24) is 0 Å². The predicted octanol–water partition coefficient (Wildman–Crippen LogP) is 6.20. The molecule has 3 rings (SSSR count). The Hall–Kier alpha value is -3.29. The van der Waals surface area contributed by atoms with Gasteiger partial charge in [0.25, 0.3) is 5.69 Å². The molecule has 0 spiro atoms. The Labute approximate surface area is 189 Å². The van der Waals surface area contributed by atoms with E-state index in [1.807, 2.05) is 18.2 Å². The van der Waals surface area contributed by atoms with Crippen molar-refractivity contribution in [2.45, 2.75) is 6.42 Å². The van der Waals surface area contributed by atoms with Crippen molar-refractivity contribution in [3.05, 3.63) is 92.5 Å². The highest BCUT2D eigenvalue weighted by molar-refractivity contribution is 6.32. The highest BCUT2D eigenvalue weighted by Gasteiger charge is 2.05. The number of benzene rings is 3. The van der Waals surface area contributed by atoms with Gasteiger partial charge in [-0.15, -0.1) is 0 Å². The zero-order valence-electron chi connectivity index (χ0n) is 16.3. The van der Waals surface area contributed by atoms with Gasteiger partial charge in [0.05, 0.1) is 35.1 Å². The van der Waals surface area contributed by atoms with Crippen molar-refractivity contribution in [1.29, 1.82) is 0 Å². The molecule has 3 aromatic rings. The third kappa shape index (κ3) is 6.87. The van der Waals surface area contributed by atoms with Gasteiger partial charge in [-0.25, -0.2) is 0 Å². The Bertz CT molecular complexity index is 1060. The molecular formula is C22H19Cl2N3O4. The average Bonchev–Trinajstić information content (AvgIpc) is 2.76. The summed E-state index contributed by atoms with van der Waals surface area (Å²) < 4.78 is 11.5. The van der Waals surface area contributed by atoms with Crippen molar-refractivity contribution in [2.24, 2.45) is 5.10 Å². The van der Waals surface area contributed by atoms with E-state index in [1.54, 1.807) is 42.6 Å². The fourth-order valence-electron chi connectivity index (χ4n) is 2.57. The van der Waals surface area contributed by atoms with Gasteiger partial charge in [-0.2, -0.15) is 5.10 Å². The topological polar surface area (TPSA) is 86.0 Å². The molecule has 0 saturated heterocycles. The number of nitro benzene ring substituents is 1. The molecule has 0 heterocycles. The minimum atomic E-state index is -0.456. The number of nitro groups is 1. The van der Waals surface area contributed by atoms with Crippen LogP contribution in [-0.4, -0.2) is 24.4 Å². The molecule has 0 aliphatic carbocycles. The van der Waals surface area contributed by atoms with Gasteiger partial charge in [0.15, 0.2) is 0 Å². The minimum Gasteiger partial charge on any atom is -0.493 e. The molecule has 0 atom stereocenters. The second-order valence-electron chi connectivity index (χ2n) is 6.34. The van der Waals surface area contributed by atoms with Crippen molar-refractivity contribution >= 4 is 40.8 Å². The maximum absolute atomic E-state index is 10.7. The summed E-state index contributed by atoms with van der Waals surface area (Å²) in [7, 11) is 0. The van der Waals surface area contributed by atoms with E-state index in [4.69, 9.17) is 32.7 Å². The largest absolute Gasteiger partial charge is 0.493 e. The predicted molar refractivity (Wildman–Crippen MR) is 123 cm³/mol. The van der Waals surface area contributed by atoms with Crippen LogP contribution in [0.4, 0.5) is 11.4 Å². The molecule has 0 radical (unpaired) electrons. The summed E-state index contributed by atoms with van der Waals surface area (Å²) in [5, 5.41) is 16.0. The van der Waals surface area contributed by atoms with E-state index in [-0.39, 0.29) is 5.69 Å². The molecule has 1 N–H and O–H groups in total. The van der Waals surface area contributed by atoms with Crippen LogP contribution in [-0.2, 0) is 0 Å². The third-order valence-corrected chi connectivity index (χ3v) is 4.64. The molecule has 7 nitrogen and oxygen atoms in total. The SMILES string of the molecule is O=[N+]([O-])c1ccc(N/N=C/c2cc(Cl)ccc2OCCCOc2ccccc2Cl)cc1. The number of halogens is 2. The summed E-state index contributed by atoms with van der Waals surface area (Å²) in [5.74, 6) is 1.26. The van der Waals surface area contributed by atoms with Gasteiger partial charge in [-0.1, -0.05) is 35.3 Å². The third-order valence-electron chi connectivity index (χ3n) is 4.09. The Morgan fingerprint density at radius 3 is 2.39 bits per heavy atom. The lowest BCUT2D eigenvalue weighted by Gasteiger charge is -2.11. The molecule has 0 aliphatic heterocycles. The maximum Gasteiger partial charge on any atom is 0.269 e. The molecule has 0 aliphatic rings. The summed E-state index contributed by atoms with van der Waals surface area (Å²) in [6, 6.07) is 18.5. The number of hydrazone groups is 1. The zero-order chi connectivity index (χ0) is 22.1. The first kappa shape index (κ1) is 22.4. The lowest BCUT2D eigenvalue weighted by molar-refractivity contribution is -0.384. The molecule has 0 saturated carbocycles. The lowest BCUT2D eigenvalue weighted by Crippen LogP contribution is -2.06. The van der Waals surface area contributed by atoms with Crippen molar-refractivity contribution in [2.75, 3.05) is 18.6 Å². The second kappa shape index (κ2) is 11.2. The molecule has 0 amide bonds. The number of anilines is 1. The molecule has 0 unspecified atom stereocenters. The van der Waals surface area contributed by atoms with Gasteiger partial charge in [-0.05, 0) is 42.5 Å². The molecule has 0 aromatic heterocycles. The average molecular weight is 460 g/mol. The summed E-state index contributed by atoms with van der Waals surface area (Å²) in [5.41, 5.74) is 4.14.